The molecule has 0 aliphatic heterocycles. The van der Waals surface area contributed by atoms with Crippen LogP contribution in [0.25, 0.3) is 11.1 Å². The van der Waals surface area contributed by atoms with E-state index in [9.17, 15) is 4.79 Å². The fourth-order valence-corrected chi connectivity index (χ4v) is 1.87. The van der Waals surface area contributed by atoms with Crippen molar-refractivity contribution in [2.24, 2.45) is 0 Å². The highest BCUT2D eigenvalue weighted by molar-refractivity contribution is 5.84. The van der Waals surface area contributed by atoms with Gasteiger partial charge in [-0.2, -0.15) is 9.97 Å². The van der Waals surface area contributed by atoms with Gasteiger partial charge in [-0.15, -0.1) is 0 Å². The molecule has 2 aromatic heterocycles. The number of aryl methyl sites for hydroxylation is 3. The number of fused-ring (bicyclic) bond motifs is 1. The van der Waals surface area contributed by atoms with Crippen LogP contribution in [-0.2, 0) is 4.79 Å². The maximum atomic E-state index is 11.6. The molecule has 0 unspecified atom stereocenters. The number of carbonyl (C=O) groups excluding carboxylic acids is 1. The topological polar surface area (TPSA) is 77.2 Å². The lowest BCUT2D eigenvalue weighted by Gasteiger charge is -2.07. The van der Waals surface area contributed by atoms with E-state index in [0.717, 1.165) is 23.1 Å². The average molecular weight is 277 g/mol. The molecule has 20 heavy (non-hydrogen) atoms. The molecule has 0 fully saturated rings. The molecule has 6 nitrogen and oxygen atoms in total. The van der Waals surface area contributed by atoms with Crippen molar-refractivity contribution < 1.29 is 13.9 Å². The second-order valence-corrected chi connectivity index (χ2v) is 4.68. The number of rotatable bonds is 5. The summed E-state index contributed by atoms with van der Waals surface area (Å²) in [6.45, 7) is 8.13. The first-order valence-electron chi connectivity index (χ1n) is 6.66. The van der Waals surface area contributed by atoms with E-state index in [1.807, 2.05) is 20.8 Å². The van der Waals surface area contributed by atoms with Gasteiger partial charge in [-0.3, -0.25) is 4.79 Å². The number of hydrogen-bond donors (Lipinski definition) is 1. The third-order valence-corrected chi connectivity index (χ3v) is 3.02. The van der Waals surface area contributed by atoms with Gasteiger partial charge in [0.05, 0.1) is 0 Å². The summed E-state index contributed by atoms with van der Waals surface area (Å²) in [5.41, 5.74) is 1.43. The second kappa shape index (κ2) is 5.90. The van der Waals surface area contributed by atoms with Gasteiger partial charge in [0.15, 0.2) is 6.61 Å². The number of carbonyl (C=O) groups is 1. The molecule has 0 aliphatic carbocycles. The van der Waals surface area contributed by atoms with E-state index in [4.69, 9.17) is 9.15 Å². The Kier molecular flexibility index (Phi) is 4.22. The highest BCUT2D eigenvalue weighted by Crippen LogP contribution is 2.30. The first kappa shape index (κ1) is 14.3. The van der Waals surface area contributed by atoms with Crippen LogP contribution in [-0.4, -0.2) is 29.0 Å². The van der Waals surface area contributed by atoms with Crippen molar-refractivity contribution in [2.45, 2.75) is 34.1 Å². The van der Waals surface area contributed by atoms with Crippen molar-refractivity contribution in [1.82, 2.24) is 15.3 Å². The van der Waals surface area contributed by atoms with Gasteiger partial charge < -0.3 is 14.5 Å². The largest absolute Gasteiger partial charge is 0.467 e. The van der Waals surface area contributed by atoms with Crippen LogP contribution in [0.5, 0.6) is 5.88 Å². The molecule has 2 aromatic rings. The highest BCUT2D eigenvalue weighted by atomic mass is 16.5. The molecular weight excluding hydrogens is 258 g/mol. The Balaban J connectivity index is 2.23. The molecule has 0 aliphatic rings. The van der Waals surface area contributed by atoms with Crippen molar-refractivity contribution in [2.75, 3.05) is 13.2 Å². The summed E-state index contributed by atoms with van der Waals surface area (Å²) < 4.78 is 11.1. The molecule has 0 bridgehead atoms. The average Bonchev–Trinajstić information content (AvgIpc) is 2.68. The molecule has 2 rings (SSSR count). The zero-order chi connectivity index (χ0) is 14.7. The molecule has 0 aromatic carbocycles. The predicted molar refractivity (Wildman–Crippen MR) is 74.8 cm³/mol. The Morgan fingerprint density at radius 3 is 2.75 bits per heavy atom. The van der Waals surface area contributed by atoms with Gasteiger partial charge in [0, 0.05) is 12.1 Å². The van der Waals surface area contributed by atoms with Crippen molar-refractivity contribution >= 4 is 17.0 Å². The SMILES string of the molecule is CCCNC(=O)COc1nc(C)nc2oc(C)c(C)c12. The summed E-state index contributed by atoms with van der Waals surface area (Å²) in [6, 6.07) is 0. The standard InChI is InChI=1S/C14H19N3O3/c1-5-6-15-11(18)7-19-13-12-8(2)9(3)20-14(12)17-10(4)16-13/h5-7H2,1-4H3,(H,15,18). The maximum absolute atomic E-state index is 11.6. The monoisotopic (exact) mass is 277 g/mol. The third kappa shape index (κ3) is 2.89. The third-order valence-electron chi connectivity index (χ3n) is 3.02. The number of aromatic nitrogens is 2. The minimum absolute atomic E-state index is 0.0603. The van der Waals surface area contributed by atoms with Gasteiger partial charge in [0.1, 0.15) is 17.0 Å². The normalized spacial score (nSPS) is 10.8. The van der Waals surface area contributed by atoms with Gasteiger partial charge in [-0.1, -0.05) is 6.92 Å². The fourth-order valence-electron chi connectivity index (χ4n) is 1.87. The molecule has 0 radical (unpaired) electrons. The number of furan rings is 1. The maximum Gasteiger partial charge on any atom is 0.258 e. The molecule has 0 spiro atoms. The molecule has 2 heterocycles. The molecule has 1 amide bonds. The van der Waals surface area contributed by atoms with Gasteiger partial charge in [0.2, 0.25) is 11.6 Å². The van der Waals surface area contributed by atoms with Crippen LogP contribution in [0, 0.1) is 20.8 Å². The number of hydrogen-bond acceptors (Lipinski definition) is 5. The molecule has 0 atom stereocenters. The van der Waals surface area contributed by atoms with E-state index < -0.39 is 0 Å². The zero-order valence-corrected chi connectivity index (χ0v) is 12.2. The summed E-state index contributed by atoms with van der Waals surface area (Å²) in [4.78, 5) is 20.1. The van der Waals surface area contributed by atoms with Gasteiger partial charge in [-0.25, -0.2) is 0 Å². The quantitative estimate of drug-likeness (QED) is 0.905. The minimum atomic E-state index is -0.158. The van der Waals surface area contributed by atoms with Crippen molar-refractivity contribution in [1.29, 1.82) is 0 Å². The van der Waals surface area contributed by atoms with Crippen LogP contribution in [0.1, 0.15) is 30.5 Å². The van der Waals surface area contributed by atoms with E-state index in [1.54, 1.807) is 6.92 Å². The van der Waals surface area contributed by atoms with E-state index in [2.05, 4.69) is 15.3 Å². The Morgan fingerprint density at radius 2 is 2.05 bits per heavy atom. The van der Waals surface area contributed by atoms with E-state index >= 15 is 0 Å². The second-order valence-electron chi connectivity index (χ2n) is 4.68. The smallest absolute Gasteiger partial charge is 0.258 e. The summed E-state index contributed by atoms with van der Waals surface area (Å²) >= 11 is 0. The zero-order valence-electron chi connectivity index (χ0n) is 12.2. The molecule has 108 valence electrons. The Bertz CT molecular complexity index is 634. The summed E-state index contributed by atoms with van der Waals surface area (Å²) in [7, 11) is 0. The number of amides is 1. The summed E-state index contributed by atoms with van der Waals surface area (Å²) in [6.07, 6.45) is 0.892. The van der Waals surface area contributed by atoms with Crippen molar-refractivity contribution in [3.8, 4) is 5.88 Å². The van der Waals surface area contributed by atoms with Crippen LogP contribution in [0.4, 0.5) is 0 Å². The van der Waals surface area contributed by atoms with E-state index in [0.29, 0.717) is 24.0 Å². The van der Waals surface area contributed by atoms with Crippen LogP contribution < -0.4 is 10.1 Å². The van der Waals surface area contributed by atoms with Crippen LogP contribution in [0.2, 0.25) is 0 Å². The van der Waals surface area contributed by atoms with Crippen molar-refractivity contribution in [3.05, 3.63) is 17.1 Å². The van der Waals surface area contributed by atoms with Crippen LogP contribution in [0.3, 0.4) is 0 Å². The Hall–Kier alpha value is -2.11. The molecular formula is C14H19N3O3. The van der Waals surface area contributed by atoms with Gasteiger partial charge in [-0.05, 0) is 27.2 Å². The fraction of sp³-hybridized carbons (Fsp3) is 0.500. The van der Waals surface area contributed by atoms with Crippen LogP contribution in [0.15, 0.2) is 4.42 Å². The highest BCUT2D eigenvalue weighted by Gasteiger charge is 2.16. The lowest BCUT2D eigenvalue weighted by atomic mass is 10.2. The number of nitrogens with zero attached hydrogens (tertiary/aromatic N) is 2. The molecule has 1 N–H and O–H groups in total. The summed E-state index contributed by atoms with van der Waals surface area (Å²) in [5, 5.41) is 3.49. The van der Waals surface area contributed by atoms with Gasteiger partial charge >= 0.3 is 0 Å². The molecule has 6 heteroatoms. The Morgan fingerprint density at radius 1 is 1.30 bits per heavy atom. The number of nitrogens with one attached hydrogen (secondary N) is 1. The van der Waals surface area contributed by atoms with E-state index in [1.165, 1.54) is 0 Å². The lowest BCUT2D eigenvalue weighted by molar-refractivity contribution is -0.123. The first-order chi connectivity index (χ1) is 9.52. The first-order valence-corrected chi connectivity index (χ1v) is 6.66. The number of ether oxygens (including phenoxy) is 1. The Labute approximate surface area is 117 Å². The summed E-state index contributed by atoms with van der Waals surface area (Å²) in [5.74, 6) is 1.57. The van der Waals surface area contributed by atoms with Crippen molar-refractivity contribution in [3.63, 3.8) is 0 Å². The van der Waals surface area contributed by atoms with E-state index in [-0.39, 0.29) is 12.5 Å². The molecule has 0 saturated carbocycles. The molecule has 0 saturated heterocycles. The van der Waals surface area contributed by atoms with Crippen LogP contribution >= 0.6 is 0 Å². The minimum Gasteiger partial charge on any atom is -0.467 e. The van der Waals surface area contributed by atoms with Gasteiger partial charge in [0.25, 0.3) is 5.91 Å². The predicted octanol–water partition coefficient (Wildman–Crippen LogP) is 2.05. The lowest BCUT2D eigenvalue weighted by Crippen LogP contribution is -2.29.